The molecule has 1 aromatic heterocycles. The van der Waals surface area contributed by atoms with Gasteiger partial charge in [-0.05, 0) is 44.5 Å². The minimum absolute atomic E-state index is 0.0159. The lowest BCUT2D eigenvalue weighted by Crippen LogP contribution is -2.30. The Bertz CT molecular complexity index is 939. The molecular weight excluding hydrogens is 347 g/mol. The maximum absolute atomic E-state index is 14.0. The van der Waals surface area contributed by atoms with E-state index in [0.717, 1.165) is 29.6 Å². The highest BCUT2D eigenvalue weighted by molar-refractivity contribution is 7.89. The third kappa shape index (κ3) is 3.42. The third-order valence-corrected chi connectivity index (χ3v) is 5.25. The monoisotopic (exact) mass is 366 g/mol. The van der Waals surface area contributed by atoms with Crippen molar-refractivity contribution in [2.24, 2.45) is 5.14 Å². The van der Waals surface area contributed by atoms with Crippen molar-refractivity contribution in [1.82, 2.24) is 14.7 Å². The van der Waals surface area contributed by atoms with Crippen LogP contribution < -0.4 is 5.14 Å². The van der Waals surface area contributed by atoms with Crippen LogP contribution in [0.15, 0.2) is 29.2 Å². The number of aryl methyl sites for hydroxylation is 2. The van der Waals surface area contributed by atoms with Crippen molar-refractivity contribution in [3.63, 3.8) is 0 Å². The second-order valence-electron chi connectivity index (χ2n) is 6.25. The number of amides is 1. The van der Waals surface area contributed by atoms with Crippen molar-refractivity contribution in [1.29, 1.82) is 0 Å². The number of nitrogens with two attached hydrogens (primary N) is 1. The predicted octanol–water partition coefficient (Wildman–Crippen LogP) is 1.37. The highest BCUT2D eigenvalue weighted by Gasteiger charge is 2.31. The van der Waals surface area contributed by atoms with Crippen LogP contribution >= 0.6 is 0 Å². The minimum Gasteiger partial charge on any atom is -0.336 e. The molecule has 25 heavy (non-hydrogen) atoms. The number of primary sulfonamides is 1. The molecule has 134 valence electrons. The summed E-state index contributed by atoms with van der Waals surface area (Å²) < 4.78 is 38.8. The Morgan fingerprint density at radius 2 is 2.04 bits per heavy atom. The fourth-order valence-corrected chi connectivity index (χ4v) is 3.70. The fourth-order valence-electron chi connectivity index (χ4n) is 3.16. The van der Waals surface area contributed by atoms with Crippen molar-refractivity contribution >= 4 is 15.9 Å². The Balaban J connectivity index is 1.84. The molecule has 0 saturated carbocycles. The van der Waals surface area contributed by atoms with E-state index in [4.69, 9.17) is 5.14 Å². The molecule has 0 aliphatic carbocycles. The van der Waals surface area contributed by atoms with Crippen LogP contribution in [0.3, 0.4) is 0 Å². The van der Waals surface area contributed by atoms with Gasteiger partial charge in [0.15, 0.2) is 0 Å². The first-order chi connectivity index (χ1) is 11.7. The van der Waals surface area contributed by atoms with Gasteiger partial charge in [-0.2, -0.15) is 5.10 Å². The zero-order valence-electron chi connectivity index (χ0n) is 13.9. The van der Waals surface area contributed by atoms with E-state index in [1.165, 1.54) is 4.90 Å². The normalized spacial score (nSPS) is 17.9. The summed E-state index contributed by atoms with van der Waals surface area (Å²) in [5.41, 5.74) is 1.61. The Labute approximate surface area is 145 Å². The van der Waals surface area contributed by atoms with Crippen LogP contribution in [0.2, 0.25) is 0 Å². The maximum atomic E-state index is 14.0. The van der Waals surface area contributed by atoms with E-state index in [1.807, 2.05) is 24.6 Å². The van der Waals surface area contributed by atoms with Crippen molar-refractivity contribution in [2.45, 2.75) is 31.2 Å². The number of carbonyl (C=O) groups is 1. The van der Waals surface area contributed by atoms with Gasteiger partial charge in [0.25, 0.3) is 5.91 Å². The average Bonchev–Trinajstić information content (AvgIpc) is 3.12. The van der Waals surface area contributed by atoms with Gasteiger partial charge < -0.3 is 4.90 Å². The first kappa shape index (κ1) is 17.6. The number of aromatic nitrogens is 2. The Kier molecular flexibility index (Phi) is 4.38. The van der Waals surface area contributed by atoms with E-state index < -0.39 is 21.7 Å². The predicted molar refractivity (Wildman–Crippen MR) is 89.0 cm³/mol. The summed E-state index contributed by atoms with van der Waals surface area (Å²) in [6, 6.07) is 4.96. The maximum Gasteiger partial charge on any atom is 0.256 e. The molecular formula is C16H19FN4O3S. The standard InChI is InChI=1S/C16H19FN4O3S/c1-10-7-11(2)21(19-10)12-5-6-20(9-12)16(22)14-8-13(25(18,23)24)3-4-15(14)17/h3-4,7-8,12H,5-6,9H2,1-2H3,(H2,18,23,24)/t12-/m0/s1. The van der Waals surface area contributed by atoms with Gasteiger partial charge in [-0.3, -0.25) is 9.48 Å². The molecule has 2 N–H and O–H groups in total. The third-order valence-electron chi connectivity index (χ3n) is 4.34. The van der Waals surface area contributed by atoms with E-state index in [2.05, 4.69) is 5.10 Å². The first-order valence-electron chi connectivity index (χ1n) is 7.81. The summed E-state index contributed by atoms with van der Waals surface area (Å²) in [6.45, 7) is 4.68. The molecule has 1 aliphatic heterocycles. The smallest absolute Gasteiger partial charge is 0.256 e. The van der Waals surface area contributed by atoms with Crippen LogP contribution in [-0.2, 0) is 10.0 Å². The quantitative estimate of drug-likeness (QED) is 0.887. The van der Waals surface area contributed by atoms with E-state index >= 15 is 0 Å². The minimum atomic E-state index is -4.01. The lowest BCUT2D eigenvalue weighted by Gasteiger charge is -2.18. The summed E-state index contributed by atoms with van der Waals surface area (Å²) in [5, 5.41) is 9.49. The van der Waals surface area contributed by atoms with Crippen LogP contribution in [0.25, 0.3) is 0 Å². The summed E-state index contributed by atoms with van der Waals surface area (Å²) >= 11 is 0. The molecule has 2 heterocycles. The zero-order chi connectivity index (χ0) is 18.4. The second kappa shape index (κ2) is 6.23. The number of carbonyl (C=O) groups excluding carboxylic acids is 1. The number of hydrogen-bond acceptors (Lipinski definition) is 4. The molecule has 1 aliphatic rings. The molecule has 7 nitrogen and oxygen atoms in total. The summed E-state index contributed by atoms with van der Waals surface area (Å²) in [7, 11) is -4.01. The average molecular weight is 366 g/mol. The molecule has 1 aromatic carbocycles. The van der Waals surface area contributed by atoms with Gasteiger partial charge in [0, 0.05) is 18.8 Å². The van der Waals surface area contributed by atoms with Gasteiger partial charge in [-0.15, -0.1) is 0 Å². The largest absolute Gasteiger partial charge is 0.336 e. The number of nitrogens with zero attached hydrogens (tertiary/aromatic N) is 3. The van der Waals surface area contributed by atoms with Crippen LogP contribution in [0.1, 0.15) is 34.2 Å². The van der Waals surface area contributed by atoms with Crippen LogP contribution in [0.5, 0.6) is 0 Å². The van der Waals surface area contributed by atoms with Crippen LogP contribution in [-0.4, -0.2) is 42.1 Å². The first-order valence-corrected chi connectivity index (χ1v) is 9.36. The van der Waals surface area contributed by atoms with Gasteiger partial charge in [-0.1, -0.05) is 0 Å². The Morgan fingerprint density at radius 3 is 2.64 bits per heavy atom. The summed E-state index contributed by atoms with van der Waals surface area (Å²) in [5.74, 6) is -1.32. The fraction of sp³-hybridized carbons (Fsp3) is 0.375. The van der Waals surface area contributed by atoms with Crippen molar-refractivity contribution < 1.29 is 17.6 Å². The summed E-state index contributed by atoms with van der Waals surface area (Å²) in [6.07, 6.45) is 0.699. The Morgan fingerprint density at radius 1 is 1.32 bits per heavy atom. The van der Waals surface area contributed by atoms with Gasteiger partial charge in [0.1, 0.15) is 5.82 Å². The molecule has 2 aromatic rings. The van der Waals surface area contributed by atoms with Crippen molar-refractivity contribution in [3.8, 4) is 0 Å². The van der Waals surface area contributed by atoms with E-state index in [9.17, 15) is 17.6 Å². The van der Waals surface area contributed by atoms with Gasteiger partial charge >= 0.3 is 0 Å². The highest BCUT2D eigenvalue weighted by atomic mass is 32.2. The number of likely N-dealkylation sites (tertiary alicyclic amines) is 1. The molecule has 1 saturated heterocycles. The SMILES string of the molecule is Cc1cc(C)n([C@H]2CCN(C(=O)c3cc(S(N)(=O)=O)ccc3F)C2)n1. The molecule has 0 radical (unpaired) electrons. The van der Waals surface area contributed by atoms with Crippen LogP contribution in [0.4, 0.5) is 4.39 Å². The van der Waals surface area contributed by atoms with E-state index in [-0.39, 0.29) is 16.5 Å². The molecule has 9 heteroatoms. The highest BCUT2D eigenvalue weighted by Crippen LogP contribution is 2.25. The van der Waals surface area contributed by atoms with Gasteiger partial charge in [0.2, 0.25) is 10.0 Å². The number of benzene rings is 1. The Hall–Kier alpha value is -2.26. The molecule has 1 amide bonds. The number of rotatable bonds is 3. The van der Waals surface area contributed by atoms with E-state index in [1.54, 1.807) is 0 Å². The molecule has 3 rings (SSSR count). The van der Waals surface area contributed by atoms with E-state index in [0.29, 0.717) is 19.5 Å². The lowest BCUT2D eigenvalue weighted by molar-refractivity contribution is 0.0782. The van der Waals surface area contributed by atoms with Gasteiger partial charge in [0.05, 0.1) is 22.2 Å². The number of sulfonamides is 1. The number of hydrogen-bond donors (Lipinski definition) is 1. The number of halogens is 1. The second-order valence-corrected chi connectivity index (χ2v) is 7.81. The van der Waals surface area contributed by atoms with Crippen molar-refractivity contribution in [3.05, 3.63) is 47.0 Å². The molecule has 0 unspecified atom stereocenters. The summed E-state index contributed by atoms with van der Waals surface area (Å²) in [4.78, 5) is 13.9. The van der Waals surface area contributed by atoms with Crippen LogP contribution in [0, 0.1) is 19.7 Å². The molecule has 0 bridgehead atoms. The lowest BCUT2D eigenvalue weighted by atomic mass is 10.2. The topological polar surface area (TPSA) is 98.3 Å². The molecule has 1 fully saturated rings. The molecule has 0 spiro atoms. The van der Waals surface area contributed by atoms with Gasteiger partial charge in [-0.25, -0.2) is 17.9 Å². The van der Waals surface area contributed by atoms with Crippen molar-refractivity contribution in [2.75, 3.05) is 13.1 Å². The molecule has 1 atom stereocenters. The zero-order valence-corrected chi connectivity index (χ0v) is 14.8.